The van der Waals surface area contributed by atoms with Crippen LogP contribution >= 0.6 is 0 Å². The summed E-state index contributed by atoms with van der Waals surface area (Å²) in [5.74, 6) is 0.0964. The van der Waals surface area contributed by atoms with E-state index in [0.717, 1.165) is 5.56 Å². The fourth-order valence-electron chi connectivity index (χ4n) is 3.78. The van der Waals surface area contributed by atoms with Crippen LogP contribution in [0.3, 0.4) is 0 Å². The van der Waals surface area contributed by atoms with Gasteiger partial charge in [0.1, 0.15) is 0 Å². The van der Waals surface area contributed by atoms with Crippen LogP contribution in [0.1, 0.15) is 67.4 Å². The highest BCUT2D eigenvalue weighted by Crippen LogP contribution is 2.28. The number of amides is 1. The SMILES string of the molecule is CC1CN(S(=O)(=O)c2ccc(C(C)(C)C)cc2)CC(C)N1C(=O)CC(C)(C)C. The molecule has 1 saturated heterocycles. The highest BCUT2D eigenvalue weighted by atomic mass is 32.2. The maximum absolute atomic E-state index is 13.2. The fourth-order valence-corrected chi connectivity index (χ4v) is 5.39. The Hall–Kier alpha value is -1.40. The number of sulfonamides is 1. The molecular formula is C22H36N2O3S. The summed E-state index contributed by atoms with van der Waals surface area (Å²) in [6, 6.07) is 6.88. The summed E-state index contributed by atoms with van der Waals surface area (Å²) in [4.78, 5) is 14.9. The Morgan fingerprint density at radius 3 is 1.82 bits per heavy atom. The molecule has 0 radical (unpaired) electrons. The maximum atomic E-state index is 13.2. The van der Waals surface area contributed by atoms with Crippen LogP contribution in [0.4, 0.5) is 0 Å². The first-order valence-corrected chi connectivity index (χ1v) is 11.5. The third-order valence-corrected chi connectivity index (χ3v) is 7.06. The molecule has 1 aromatic carbocycles. The quantitative estimate of drug-likeness (QED) is 0.759. The first-order valence-electron chi connectivity index (χ1n) is 10.0. The number of nitrogens with zero attached hydrogens (tertiary/aromatic N) is 2. The number of hydrogen-bond acceptors (Lipinski definition) is 3. The Balaban J connectivity index is 2.20. The van der Waals surface area contributed by atoms with E-state index in [4.69, 9.17) is 0 Å². The lowest BCUT2D eigenvalue weighted by Crippen LogP contribution is -2.60. The lowest BCUT2D eigenvalue weighted by molar-refractivity contribution is -0.139. The molecule has 0 N–H and O–H groups in total. The smallest absolute Gasteiger partial charge is 0.243 e. The molecule has 158 valence electrons. The van der Waals surface area contributed by atoms with Gasteiger partial charge < -0.3 is 4.90 Å². The molecule has 0 aromatic heterocycles. The average Bonchev–Trinajstić information content (AvgIpc) is 2.51. The van der Waals surface area contributed by atoms with Gasteiger partial charge in [-0.3, -0.25) is 4.79 Å². The average molecular weight is 409 g/mol. The molecule has 0 aliphatic carbocycles. The summed E-state index contributed by atoms with van der Waals surface area (Å²) in [5.41, 5.74) is 0.990. The van der Waals surface area contributed by atoms with E-state index < -0.39 is 10.0 Å². The maximum Gasteiger partial charge on any atom is 0.243 e. The van der Waals surface area contributed by atoms with Crippen LogP contribution in [0, 0.1) is 5.41 Å². The Morgan fingerprint density at radius 1 is 0.964 bits per heavy atom. The second-order valence-electron chi connectivity index (χ2n) is 10.3. The van der Waals surface area contributed by atoms with Gasteiger partial charge in [0, 0.05) is 31.6 Å². The number of piperazine rings is 1. The molecule has 2 rings (SSSR count). The summed E-state index contributed by atoms with van der Waals surface area (Å²) in [6.07, 6.45) is 0.461. The van der Waals surface area contributed by atoms with Crippen molar-refractivity contribution in [3.8, 4) is 0 Å². The zero-order chi connectivity index (χ0) is 21.5. The van der Waals surface area contributed by atoms with Gasteiger partial charge in [-0.25, -0.2) is 8.42 Å². The molecule has 1 aliphatic rings. The predicted molar refractivity (Wildman–Crippen MR) is 114 cm³/mol. The van der Waals surface area contributed by atoms with Crippen molar-refractivity contribution < 1.29 is 13.2 Å². The van der Waals surface area contributed by atoms with E-state index in [2.05, 4.69) is 20.8 Å². The number of carbonyl (C=O) groups is 1. The second kappa shape index (κ2) is 7.79. The molecule has 1 fully saturated rings. The molecular weight excluding hydrogens is 372 g/mol. The zero-order valence-electron chi connectivity index (χ0n) is 18.6. The predicted octanol–water partition coefficient (Wildman–Crippen LogP) is 4.03. The van der Waals surface area contributed by atoms with E-state index in [1.54, 1.807) is 12.1 Å². The molecule has 0 saturated carbocycles. The normalized spacial score (nSPS) is 22.4. The monoisotopic (exact) mass is 408 g/mol. The number of carbonyl (C=O) groups excluding carboxylic acids is 1. The van der Waals surface area contributed by atoms with Gasteiger partial charge in [-0.1, -0.05) is 53.7 Å². The molecule has 1 amide bonds. The van der Waals surface area contributed by atoms with Crippen molar-refractivity contribution in [3.05, 3.63) is 29.8 Å². The molecule has 28 heavy (non-hydrogen) atoms. The second-order valence-corrected chi connectivity index (χ2v) is 12.3. The van der Waals surface area contributed by atoms with Gasteiger partial charge in [0.2, 0.25) is 15.9 Å². The van der Waals surface area contributed by atoms with Crippen LogP contribution < -0.4 is 0 Å². The van der Waals surface area contributed by atoms with Crippen molar-refractivity contribution in [3.63, 3.8) is 0 Å². The molecule has 6 heteroatoms. The van der Waals surface area contributed by atoms with Crippen LogP contribution in [0.25, 0.3) is 0 Å². The Labute approximate surface area is 171 Å². The number of hydrogen-bond donors (Lipinski definition) is 0. The lowest BCUT2D eigenvalue weighted by atomic mass is 9.87. The van der Waals surface area contributed by atoms with Crippen LogP contribution in [-0.2, 0) is 20.2 Å². The highest BCUT2D eigenvalue weighted by molar-refractivity contribution is 7.89. The van der Waals surface area contributed by atoms with Gasteiger partial charge in [-0.15, -0.1) is 0 Å². The Bertz CT molecular complexity index is 790. The van der Waals surface area contributed by atoms with E-state index in [-0.39, 0.29) is 28.8 Å². The minimum absolute atomic E-state index is 0.0235. The molecule has 1 aliphatic heterocycles. The van der Waals surface area contributed by atoms with Crippen molar-refractivity contribution in [2.45, 2.75) is 84.2 Å². The number of benzene rings is 1. The van der Waals surface area contributed by atoms with Crippen molar-refractivity contribution in [2.24, 2.45) is 5.41 Å². The van der Waals surface area contributed by atoms with Crippen LogP contribution in [0.15, 0.2) is 29.2 Å². The summed E-state index contributed by atoms with van der Waals surface area (Å²) in [6.45, 7) is 17.0. The molecule has 2 atom stereocenters. The zero-order valence-corrected chi connectivity index (χ0v) is 19.4. The molecule has 5 nitrogen and oxygen atoms in total. The summed E-state index contributed by atoms with van der Waals surface area (Å²) in [7, 11) is -3.58. The lowest BCUT2D eigenvalue weighted by Gasteiger charge is -2.44. The minimum atomic E-state index is -3.58. The van der Waals surface area contributed by atoms with Gasteiger partial charge in [0.05, 0.1) is 4.90 Å². The van der Waals surface area contributed by atoms with Crippen molar-refractivity contribution in [1.29, 1.82) is 0 Å². The minimum Gasteiger partial charge on any atom is -0.335 e. The van der Waals surface area contributed by atoms with E-state index in [1.807, 2.05) is 51.7 Å². The topological polar surface area (TPSA) is 57.7 Å². The van der Waals surface area contributed by atoms with Gasteiger partial charge in [-0.2, -0.15) is 4.31 Å². The molecule has 0 bridgehead atoms. The fraction of sp³-hybridized carbons (Fsp3) is 0.682. The first kappa shape index (κ1) is 22.9. The van der Waals surface area contributed by atoms with E-state index in [1.165, 1.54) is 4.31 Å². The third kappa shape index (κ3) is 5.15. The molecule has 0 spiro atoms. The van der Waals surface area contributed by atoms with E-state index >= 15 is 0 Å². The van der Waals surface area contributed by atoms with E-state index in [0.29, 0.717) is 24.4 Å². The summed E-state index contributed by atoms with van der Waals surface area (Å²) < 4.78 is 27.9. The van der Waals surface area contributed by atoms with Crippen molar-refractivity contribution >= 4 is 15.9 Å². The first-order chi connectivity index (χ1) is 12.6. The van der Waals surface area contributed by atoms with Gasteiger partial charge in [0.15, 0.2) is 0 Å². The highest BCUT2D eigenvalue weighted by Gasteiger charge is 2.39. The van der Waals surface area contributed by atoms with E-state index in [9.17, 15) is 13.2 Å². The molecule has 1 heterocycles. The molecule has 2 unspecified atom stereocenters. The van der Waals surface area contributed by atoms with Crippen LogP contribution in [0.5, 0.6) is 0 Å². The van der Waals surface area contributed by atoms with Gasteiger partial charge in [0.25, 0.3) is 0 Å². The Morgan fingerprint density at radius 2 is 1.43 bits per heavy atom. The van der Waals surface area contributed by atoms with Crippen molar-refractivity contribution in [2.75, 3.05) is 13.1 Å². The third-order valence-electron chi connectivity index (χ3n) is 5.21. The standard InChI is InChI=1S/C22H36N2O3S/c1-16-14-23(15-17(2)24(16)20(25)13-21(3,4)5)28(26,27)19-11-9-18(10-12-19)22(6,7)8/h9-12,16-17H,13-15H2,1-8H3. The van der Waals surface area contributed by atoms with Gasteiger partial charge in [-0.05, 0) is 42.4 Å². The van der Waals surface area contributed by atoms with Crippen molar-refractivity contribution in [1.82, 2.24) is 9.21 Å². The summed E-state index contributed by atoms with van der Waals surface area (Å²) >= 11 is 0. The summed E-state index contributed by atoms with van der Waals surface area (Å²) in [5, 5.41) is 0. The van der Waals surface area contributed by atoms with Crippen LogP contribution in [-0.4, -0.2) is 48.7 Å². The van der Waals surface area contributed by atoms with Crippen LogP contribution in [0.2, 0.25) is 0 Å². The largest absolute Gasteiger partial charge is 0.335 e. The molecule has 1 aromatic rings. The van der Waals surface area contributed by atoms with Gasteiger partial charge >= 0.3 is 0 Å². The number of rotatable bonds is 3. The Kier molecular flexibility index (Phi) is 6.37.